The van der Waals surface area contributed by atoms with Crippen molar-refractivity contribution in [3.8, 4) is 11.8 Å². The van der Waals surface area contributed by atoms with Gasteiger partial charge in [0.25, 0.3) is 0 Å². The summed E-state index contributed by atoms with van der Waals surface area (Å²) in [7, 11) is -3.92. The van der Waals surface area contributed by atoms with Gasteiger partial charge in [0.1, 0.15) is 4.88 Å². The van der Waals surface area contributed by atoms with E-state index in [1.807, 2.05) is 20.8 Å². The lowest BCUT2D eigenvalue weighted by atomic mass is 9.82. The number of aromatic carboxylic acids is 1. The number of hydrogen-bond acceptors (Lipinski definition) is 6. The molecule has 39 heavy (non-hydrogen) atoms. The predicted molar refractivity (Wildman–Crippen MR) is 151 cm³/mol. The number of allylic oxidation sites excluding steroid dienone is 1. The number of amides is 2. The van der Waals surface area contributed by atoms with Gasteiger partial charge in [-0.2, -0.15) is 4.31 Å². The number of nitrogens with zero attached hydrogens (tertiary/aromatic N) is 3. The van der Waals surface area contributed by atoms with E-state index in [1.54, 1.807) is 11.0 Å². The fourth-order valence-corrected chi connectivity index (χ4v) is 7.45. The highest BCUT2D eigenvalue weighted by Gasteiger charge is 2.42. The fraction of sp³-hybridized carbons (Fsp3) is 0.571. The Bertz CT molecular complexity index is 1380. The Morgan fingerprint density at radius 3 is 2.46 bits per heavy atom. The molecule has 0 spiro atoms. The van der Waals surface area contributed by atoms with E-state index >= 15 is 0 Å². The van der Waals surface area contributed by atoms with Crippen molar-refractivity contribution in [3.05, 3.63) is 26.8 Å². The normalized spacial score (nSPS) is 24.2. The number of rotatable bonds is 6. The summed E-state index contributed by atoms with van der Waals surface area (Å²) in [4.78, 5) is 43.5. The summed E-state index contributed by atoms with van der Waals surface area (Å²) in [5, 5.41) is 10.1. The maximum absolute atomic E-state index is 14.1. The highest BCUT2D eigenvalue weighted by molar-refractivity contribution is 7.93. The molecule has 1 N–H and O–H groups in total. The van der Waals surface area contributed by atoms with Gasteiger partial charge in [0.05, 0.1) is 27.7 Å². The van der Waals surface area contributed by atoms with Crippen LogP contribution in [0.15, 0.2) is 22.0 Å². The smallest absolute Gasteiger partial charge is 0.348 e. The molecule has 1 saturated carbocycles. The first kappa shape index (κ1) is 29.2. The van der Waals surface area contributed by atoms with E-state index in [0.29, 0.717) is 30.1 Å². The zero-order chi connectivity index (χ0) is 28.5. The number of dihydropyridines is 1. The van der Waals surface area contributed by atoms with Gasteiger partial charge in [-0.15, -0.1) is 11.3 Å². The van der Waals surface area contributed by atoms with Crippen LogP contribution in [-0.2, 0) is 19.6 Å². The van der Waals surface area contributed by atoms with Crippen LogP contribution in [0.25, 0.3) is 0 Å². The first-order valence-corrected chi connectivity index (χ1v) is 15.5. The number of carbonyl (C=O) groups is 3. The van der Waals surface area contributed by atoms with E-state index < -0.39 is 27.9 Å². The molecule has 1 saturated heterocycles. The van der Waals surface area contributed by atoms with Crippen molar-refractivity contribution in [1.82, 2.24) is 4.31 Å². The number of carboxylic acids is 1. The SMILES string of the molecule is CC1CCC(C(=O)N(c2cc(C#CC(C)(C)C)sc2C(=O)O)[C@H]2CCN(S(=O)(=O)C3=CCC(=O)N=C3)C2)CC1. The first-order valence-electron chi connectivity index (χ1n) is 13.3. The third-order valence-electron chi connectivity index (χ3n) is 7.27. The monoisotopic (exact) mass is 573 g/mol. The summed E-state index contributed by atoms with van der Waals surface area (Å²) in [6, 6.07) is 1.13. The number of aliphatic imine (C=N–C) groups is 1. The van der Waals surface area contributed by atoms with Crippen LogP contribution in [0.1, 0.15) is 80.8 Å². The second kappa shape index (κ2) is 11.4. The van der Waals surface area contributed by atoms with E-state index in [-0.39, 0.29) is 52.2 Å². The minimum atomic E-state index is -3.92. The van der Waals surface area contributed by atoms with Gasteiger partial charge in [0, 0.05) is 30.8 Å². The molecule has 9 nitrogen and oxygen atoms in total. The Balaban J connectivity index is 1.70. The van der Waals surface area contributed by atoms with Crippen LogP contribution in [0.5, 0.6) is 0 Å². The number of sulfonamides is 1. The van der Waals surface area contributed by atoms with Crippen molar-refractivity contribution in [2.24, 2.45) is 22.2 Å². The van der Waals surface area contributed by atoms with Crippen LogP contribution < -0.4 is 4.90 Å². The van der Waals surface area contributed by atoms with Gasteiger partial charge in [0.15, 0.2) is 0 Å². The minimum Gasteiger partial charge on any atom is -0.477 e. The van der Waals surface area contributed by atoms with Crippen LogP contribution in [0.3, 0.4) is 0 Å². The topological polar surface area (TPSA) is 124 Å². The molecule has 2 amide bonds. The zero-order valence-electron chi connectivity index (χ0n) is 22.8. The second-order valence-corrected chi connectivity index (χ2v) is 14.6. The molecule has 3 aliphatic rings. The lowest BCUT2D eigenvalue weighted by Gasteiger charge is -2.34. The van der Waals surface area contributed by atoms with Gasteiger partial charge < -0.3 is 10.0 Å². The summed E-state index contributed by atoms with van der Waals surface area (Å²) in [5.41, 5.74) is -0.00762. The molecule has 4 rings (SSSR count). The summed E-state index contributed by atoms with van der Waals surface area (Å²) in [6.07, 6.45) is 5.96. The Labute approximate surface area is 234 Å². The molecule has 0 bridgehead atoms. The first-order chi connectivity index (χ1) is 18.3. The van der Waals surface area contributed by atoms with Crippen molar-refractivity contribution in [3.63, 3.8) is 0 Å². The molecule has 3 heterocycles. The van der Waals surface area contributed by atoms with Gasteiger partial charge in [0.2, 0.25) is 21.8 Å². The fourth-order valence-electron chi connectivity index (χ4n) is 5.11. The van der Waals surface area contributed by atoms with Gasteiger partial charge in [-0.05, 0) is 64.9 Å². The largest absolute Gasteiger partial charge is 0.477 e. The van der Waals surface area contributed by atoms with E-state index in [0.717, 1.165) is 30.4 Å². The molecule has 1 aromatic heterocycles. The Morgan fingerprint density at radius 1 is 1.18 bits per heavy atom. The third kappa shape index (κ3) is 6.68. The van der Waals surface area contributed by atoms with Gasteiger partial charge >= 0.3 is 5.97 Å². The van der Waals surface area contributed by atoms with E-state index in [2.05, 4.69) is 23.8 Å². The van der Waals surface area contributed by atoms with Crippen molar-refractivity contribution in [2.45, 2.75) is 72.3 Å². The molecule has 11 heteroatoms. The van der Waals surface area contributed by atoms with Gasteiger partial charge in [-0.1, -0.05) is 24.8 Å². The quantitative estimate of drug-likeness (QED) is 0.506. The van der Waals surface area contributed by atoms with E-state index in [9.17, 15) is 27.9 Å². The second-order valence-electron chi connectivity index (χ2n) is 11.6. The molecule has 210 valence electrons. The molecule has 1 aliphatic carbocycles. The average Bonchev–Trinajstić information content (AvgIpc) is 3.52. The Hall–Kier alpha value is -2.81. The zero-order valence-corrected chi connectivity index (χ0v) is 24.4. The maximum Gasteiger partial charge on any atom is 0.348 e. The predicted octanol–water partition coefficient (Wildman–Crippen LogP) is 4.29. The van der Waals surface area contributed by atoms with Crippen molar-refractivity contribution in [1.29, 1.82) is 0 Å². The molecule has 0 aromatic carbocycles. The maximum atomic E-state index is 14.1. The van der Waals surface area contributed by atoms with Crippen molar-refractivity contribution >= 4 is 51.0 Å². The Morgan fingerprint density at radius 2 is 1.87 bits per heavy atom. The molecule has 0 radical (unpaired) electrons. The summed E-state index contributed by atoms with van der Waals surface area (Å²) in [5.74, 6) is 4.74. The van der Waals surface area contributed by atoms with Crippen LogP contribution in [0.4, 0.5) is 5.69 Å². The number of thiophene rings is 1. The standard InChI is InChI=1S/C28H35N3O6S2/c1-18-5-7-19(8-6-18)26(33)31(23-15-21(11-13-28(2,3)4)38-25(23)27(34)35)20-12-14-30(17-20)39(36,37)22-9-10-24(32)29-16-22/h9,15-16,18-20H,5-8,10,12,14,17H2,1-4H3,(H,34,35)/t18?,19?,20-/m0/s1. The van der Waals surface area contributed by atoms with E-state index in [4.69, 9.17) is 0 Å². The number of carbonyl (C=O) groups excluding carboxylic acids is 2. The lowest BCUT2D eigenvalue weighted by molar-refractivity contribution is -0.124. The van der Waals surface area contributed by atoms with Crippen LogP contribution >= 0.6 is 11.3 Å². The van der Waals surface area contributed by atoms with Crippen LogP contribution in [0.2, 0.25) is 0 Å². The Kier molecular flexibility index (Phi) is 8.50. The van der Waals surface area contributed by atoms with Crippen LogP contribution in [-0.4, -0.2) is 61.0 Å². The van der Waals surface area contributed by atoms with Crippen molar-refractivity contribution < 1.29 is 27.9 Å². The molecular formula is C28H35N3O6S2. The summed E-state index contributed by atoms with van der Waals surface area (Å²) >= 11 is 1.03. The highest BCUT2D eigenvalue weighted by atomic mass is 32.2. The summed E-state index contributed by atoms with van der Waals surface area (Å²) < 4.78 is 27.9. The van der Waals surface area contributed by atoms with Gasteiger partial charge in [-0.3, -0.25) is 9.59 Å². The molecule has 0 unspecified atom stereocenters. The minimum absolute atomic E-state index is 0.0210. The average molecular weight is 574 g/mol. The van der Waals surface area contributed by atoms with Crippen LogP contribution in [0, 0.1) is 29.1 Å². The number of carboxylic acid groups (broad SMARTS) is 1. The van der Waals surface area contributed by atoms with E-state index in [1.165, 1.54) is 10.4 Å². The highest BCUT2D eigenvalue weighted by Crippen LogP contribution is 2.38. The molecule has 1 atom stereocenters. The molecule has 1 aromatic rings. The number of anilines is 1. The molecular weight excluding hydrogens is 538 g/mol. The van der Waals surface area contributed by atoms with Gasteiger partial charge in [-0.25, -0.2) is 18.2 Å². The molecule has 2 aliphatic heterocycles. The lowest BCUT2D eigenvalue weighted by Crippen LogP contribution is -2.46. The third-order valence-corrected chi connectivity index (χ3v) is 10.2. The molecule has 2 fully saturated rings. The van der Waals surface area contributed by atoms with Crippen molar-refractivity contribution in [2.75, 3.05) is 18.0 Å². The summed E-state index contributed by atoms with van der Waals surface area (Å²) in [6.45, 7) is 8.24. The number of hydrogen-bond donors (Lipinski definition) is 1.